The van der Waals surface area contributed by atoms with Crippen LogP contribution in [0.3, 0.4) is 0 Å². The van der Waals surface area contributed by atoms with Crippen LogP contribution in [0.1, 0.15) is 0 Å². The van der Waals surface area contributed by atoms with Gasteiger partial charge < -0.3 is 31.1 Å². The van der Waals surface area contributed by atoms with E-state index in [9.17, 15) is 19.2 Å². The average molecular weight is 459 g/mol. The molecule has 0 aliphatic rings. The lowest BCUT2D eigenvalue weighted by molar-refractivity contribution is -0.127. The Balaban J connectivity index is 4.91. The van der Waals surface area contributed by atoms with E-state index in [2.05, 4.69) is 21.3 Å². The van der Waals surface area contributed by atoms with Crippen molar-refractivity contribution in [2.24, 2.45) is 0 Å². The van der Waals surface area contributed by atoms with Gasteiger partial charge in [0, 0.05) is 53.4 Å². The first kappa shape index (κ1) is 29.7. The molecule has 12 nitrogen and oxygen atoms in total. The van der Waals surface area contributed by atoms with Gasteiger partial charge in [0.2, 0.25) is 23.6 Å². The van der Waals surface area contributed by atoms with Gasteiger partial charge in [-0.25, -0.2) is 0 Å². The summed E-state index contributed by atoms with van der Waals surface area (Å²) in [7, 11) is 10.7. The number of hydrogen-bond acceptors (Lipinski definition) is 8. The Morgan fingerprint density at radius 2 is 0.844 bits per heavy atom. The maximum absolute atomic E-state index is 12.3. The summed E-state index contributed by atoms with van der Waals surface area (Å²) in [6, 6.07) is 0. The van der Waals surface area contributed by atoms with Gasteiger partial charge in [0.15, 0.2) is 0 Å². The van der Waals surface area contributed by atoms with E-state index in [0.717, 1.165) is 0 Å². The minimum absolute atomic E-state index is 0.0421. The van der Waals surface area contributed by atoms with Crippen molar-refractivity contribution in [3.63, 3.8) is 0 Å². The Morgan fingerprint density at radius 3 is 1.12 bits per heavy atom. The number of likely N-dealkylation sites (N-methyl/N-ethyl adjacent to an activating group) is 4. The summed E-state index contributed by atoms with van der Waals surface area (Å²) in [6.45, 7) is 3.31. The summed E-state index contributed by atoms with van der Waals surface area (Å²) in [5.74, 6) is -0.805. The predicted octanol–water partition coefficient (Wildman–Crippen LogP) is -3.56. The first-order valence-electron chi connectivity index (χ1n) is 10.8. The fourth-order valence-corrected chi connectivity index (χ4v) is 2.63. The maximum Gasteiger partial charge on any atom is 0.234 e. The van der Waals surface area contributed by atoms with Crippen LogP contribution in [0.5, 0.6) is 0 Å². The normalized spacial score (nSPS) is 11.2. The molecule has 0 spiro atoms. The van der Waals surface area contributed by atoms with E-state index < -0.39 is 0 Å². The lowest BCUT2D eigenvalue weighted by atomic mass is 10.3. The summed E-state index contributed by atoms with van der Waals surface area (Å²) in [5, 5.41) is 10.8. The Hall–Kier alpha value is -2.28. The van der Waals surface area contributed by atoms with Gasteiger partial charge in [0.05, 0.1) is 26.2 Å². The number of carbonyl (C=O) groups excluding carboxylic acids is 4. The molecule has 186 valence electrons. The molecule has 12 heteroatoms. The van der Waals surface area contributed by atoms with Crippen LogP contribution >= 0.6 is 0 Å². The Bertz CT molecular complexity index is 536. The number of amides is 4. The molecule has 0 fully saturated rings. The van der Waals surface area contributed by atoms with Crippen molar-refractivity contribution in [3.8, 4) is 0 Å². The molecule has 4 amide bonds. The van der Waals surface area contributed by atoms with Crippen molar-refractivity contribution in [2.45, 2.75) is 0 Å². The lowest BCUT2D eigenvalue weighted by Crippen LogP contribution is -2.49. The van der Waals surface area contributed by atoms with Crippen LogP contribution in [0.25, 0.3) is 0 Å². The van der Waals surface area contributed by atoms with Crippen molar-refractivity contribution in [1.82, 2.24) is 40.9 Å². The zero-order valence-corrected chi connectivity index (χ0v) is 20.5. The molecule has 0 aromatic rings. The van der Waals surface area contributed by atoms with Crippen LogP contribution in [-0.2, 0) is 19.2 Å². The molecule has 0 aliphatic heterocycles. The molecule has 0 unspecified atom stereocenters. The molecule has 0 atom stereocenters. The predicted molar refractivity (Wildman–Crippen MR) is 124 cm³/mol. The highest BCUT2D eigenvalue weighted by Crippen LogP contribution is 1.95. The van der Waals surface area contributed by atoms with E-state index in [1.54, 1.807) is 9.80 Å². The van der Waals surface area contributed by atoms with Gasteiger partial charge in [-0.1, -0.05) is 0 Å². The topological polar surface area (TPSA) is 129 Å². The molecule has 4 N–H and O–H groups in total. The van der Waals surface area contributed by atoms with E-state index in [1.165, 1.54) is 14.1 Å². The van der Waals surface area contributed by atoms with Crippen LogP contribution < -0.4 is 21.3 Å². The standard InChI is InChI=1S/C20H42N8O4/c1-21-17(29)13-27(15-19(31)23-7-9-25(3)4)11-12-28(14-18(30)22-2)16-20(32)24-8-10-26(5)6/h7-16H2,1-6H3,(H,21,29)(H,22,30)(H,23,31)(H,24,32). The third kappa shape index (κ3) is 16.4. The number of nitrogens with zero attached hydrogens (tertiary/aromatic N) is 4. The molecule has 0 saturated heterocycles. The SMILES string of the molecule is CNC(=O)CN(CCN(CC(=O)NC)CC(=O)NCCN(C)C)CC(=O)NCCN(C)C. The minimum atomic E-state index is -0.217. The number of hydrogen-bond donors (Lipinski definition) is 4. The Morgan fingerprint density at radius 1 is 0.531 bits per heavy atom. The van der Waals surface area contributed by atoms with Gasteiger partial charge in [-0.2, -0.15) is 0 Å². The second-order valence-corrected chi connectivity index (χ2v) is 8.07. The summed E-state index contributed by atoms with van der Waals surface area (Å²) >= 11 is 0. The smallest absolute Gasteiger partial charge is 0.234 e. The molecule has 0 radical (unpaired) electrons. The highest BCUT2D eigenvalue weighted by Gasteiger charge is 2.18. The molecule has 0 saturated carbocycles. The Kier molecular flexibility index (Phi) is 16.1. The van der Waals surface area contributed by atoms with Crippen molar-refractivity contribution >= 4 is 23.6 Å². The molecule has 0 bridgehead atoms. The second-order valence-electron chi connectivity index (χ2n) is 8.07. The van der Waals surface area contributed by atoms with Gasteiger partial charge in [-0.05, 0) is 28.2 Å². The quantitative estimate of drug-likeness (QED) is 0.176. The zero-order chi connectivity index (χ0) is 24.5. The minimum Gasteiger partial charge on any atom is -0.358 e. The molecular weight excluding hydrogens is 416 g/mol. The maximum atomic E-state index is 12.3. The van der Waals surface area contributed by atoms with E-state index in [-0.39, 0.29) is 49.8 Å². The average Bonchev–Trinajstić information content (AvgIpc) is 2.70. The van der Waals surface area contributed by atoms with Gasteiger partial charge in [-0.15, -0.1) is 0 Å². The number of nitrogens with one attached hydrogen (secondary N) is 4. The zero-order valence-electron chi connectivity index (χ0n) is 20.5. The van der Waals surface area contributed by atoms with Crippen molar-refractivity contribution in [3.05, 3.63) is 0 Å². The van der Waals surface area contributed by atoms with E-state index in [0.29, 0.717) is 39.3 Å². The molecule has 0 heterocycles. The molecule has 0 aromatic carbocycles. The summed E-state index contributed by atoms with van der Waals surface area (Å²) < 4.78 is 0. The highest BCUT2D eigenvalue weighted by molar-refractivity contribution is 5.81. The van der Waals surface area contributed by atoms with E-state index in [4.69, 9.17) is 0 Å². The van der Waals surface area contributed by atoms with Crippen LogP contribution in [0, 0.1) is 0 Å². The second kappa shape index (κ2) is 17.3. The van der Waals surface area contributed by atoms with Crippen LogP contribution in [-0.4, -0.2) is 151 Å². The van der Waals surface area contributed by atoms with Crippen molar-refractivity contribution in [1.29, 1.82) is 0 Å². The van der Waals surface area contributed by atoms with Crippen molar-refractivity contribution in [2.75, 3.05) is 108 Å². The van der Waals surface area contributed by atoms with Gasteiger partial charge in [0.25, 0.3) is 0 Å². The van der Waals surface area contributed by atoms with Crippen molar-refractivity contribution < 1.29 is 19.2 Å². The lowest BCUT2D eigenvalue weighted by Gasteiger charge is -2.26. The molecule has 32 heavy (non-hydrogen) atoms. The fraction of sp³-hybridized carbons (Fsp3) is 0.800. The number of rotatable bonds is 17. The van der Waals surface area contributed by atoms with E-state index >= 15 is 0 Å². The third-order valence-corrected chi connectivity index (χ3v) is 4.52. The molecule has 0 rings (SSSR count). The molecule has 0 aromatic heterocycles. The highest BCUT2D eigenvalue weighted by atomic mass is 16.2. The first-order valence-corrected chi connectivity index (χ1v) is 10.8. The van der Waals surface area contributed by atoms with Crippen LogP contribution in [0.2, 0.25) is 0 Å². The van der Waals surface area contributed by atoms with Crippen LogP contribution in [0.15, 0.2) is 0 Å². The third-order valence-electron chi connectivity index (χ3n) is 4.52. The van der Waals surface area contributed by atoms with Gasteiger partial charge in [0.1, 0.15) is 0 Å². The summed E-state index contributed by atoms with van der Waals surface area (Å²) in [6.07, 6.45) is 0. The van der Waals surface area contributed by atoms with Gasteiger partial charge in [-0.3, -0.25) is 29.0 Å². The summed E-state index contributed by atoms with van der Waals surface area (Å²) in [5.41, 5.74) is 0. The number of carbonyl (C=O) groups is 4. The fourth-order valence-electron chi connectivity index (χ4n) is 2.63. The first-order chi connectivity index (χ1) is 15.1. The largest absolute Gasteiger partial charge is 0.358 e. The monoisotopic (exact) mass is 458 g/mol. The van der Waals surface area contributed by atoms with E-state index in [1.807, 2.05) is 38.0 Å². The Labute approximate surface area is 192 Å². The van der Waals surface area contributed by atoms with Gasteiger partial charge >= 0.3 is 0 Å². The van der Waals surface area contributed by atoms with Crippen LogP contribution in [0.4, 0.5) is 0 Å². The molecule has 0 aliphatic carbocycles. The molecular formula is C20H42N8O4. The summed E-state index contributed by atoms with van der Waals surface area (Å²) in [4.78, 5) is 55.7.